The van der Waals surface area contributed by atoms with E-state index in [1.165, 1.54) is 11.3 Å². The topological polar surface area (TPSA) is 69.6 Å². The van der Waals surface area contributed by atoms with Crippen LogP contribution in [-0.4, -0.2) is 20.0 Å². The molecule has 2 rings (SSSR count). The van der Waals surface area contributed by atoms with Crippen LogP contribution in [0.25, 0.3) is 0 Å². The van der Waals surface area contributed by atoms with Crippen molar-refractivity contribution in [3.05, 3.63) is 21.2 Å². The van der Waals surface area contributed by atoms with E-state index in [1.807, 2.05) is 6.92 Å². The Bertz CT molecular complexity index is 429. The summed E-state index contributed by atoms with van der Waals surface area (Å²) >= 11 is 7.29. The highest BCUT2D eigenvalue weighted by atomic mass is 35.5. The Labute approximate surface area is 89.5 Å². The fourth-order valence-corrected chi connectivity index (χ4v) is 1.88. The summed E-state index contributed by atoms with van der Waals surface area (Å²) in [4.78, 5) is 0. The lowest BCUT2D eigenvalue weighted by molar-refractivity contribution is 0.680. The first-order valence-corrected chi connectivity index (χ1v) is 5.12. The van der Waals surface area contributed by atoms with Gasteiger partial charge in [0.25, 0.3) is 0 Å². The highest BCUT2D eigenvalue weighted by molar-refractivity contribution is 7.11. The molecule has 0 atom stereocenters. The SMILES string of the molecule is Cc1nnc(Cn2cc(Cl)c(N)n2)s1. The Morgan fingerprint density at radius 1 is 1.57 bits per heavy atom. The van der Waals surface area contributed by atoms with Crippen LogP contribution in [0.1, 0.15) is 10.0 Å². The van der Waals surface area contributed by atoms with Gasteiger partial charge in [-0.05, 0) is 6.92 Å². The molecule has 0 aliphatic carbocycles. The predicted octanol–water partition coefficient (Wildman–Crippen LogP) is 1.33. The molecule has 2 aromatic rings. The molecule has 0 aromatic carbocycles. The zero-order valence-corrected chi connectivity index (χ0v) is 9.01. The van der Waals surface area contributed by atoms with Gasteiger partial charge in [-0.2, -0.15) is 5.10 Å². The van der Waals surface area contributed by atoms with Crippen LogP contribution in [0.15, 0.2) is 6.20 Å². The largest absolute Gasteiger partial charge is 0.381 e. The maximum absolute atomic E-state index is 5.76. The van der Waals surface area contributed by atoms with Gasteiger partial charge < -0.3 is 5.73 Å². The number of nitrogen functional groups attached to an aromatic ring is 1. The van der Waals surface area contributed by atoms with Crippen LogP contribution < -0.4 is 5.73 Å². The molecule has 7 heteroatoms. The summed E-state index contributed by atoms with van der Waals surface area (Å²) in [6.45, 7) is 2.47. The van der Waals surface area contributed by atoms with Crippen molar-refractivity contribution in [2.45, 2.75) is 13.5 Å². The Kier molecular flexibility index (Phi) is 2.39. The molecule has 0 aliphatic heterocycles. The lowest BCUT2D eigenvalue weighted by atomic mass is 10.6. The number of hydrogen-bond acceptors (Lipinski definition) is 5. The molecule has 2 heterocycles. The molecular formula is C7H8ClN5S. The van der Waals surface area contributed by atoms with Crippen LogP contribution in [0.5, 0.6) is 0 Å². The monoisotopic (exact) mass is 229 g/mol. The lowest BCUT2D eigenvalue weighted by Crippen LogP contribution is -2.00. The number of halogens is 1. The quantitative estimate of drug-likeness (QED) is 0.844. The molecule has 0 saturated heterocycles. The van der Waals surface area contributed by atoms with Crippen molar-refractivity contribution in [1.82, 2.24) is 20.0 Å². The van der Waals surface area contributed by atoms with Crippen molar-refractivity contribution >= 4 is 28.8 Å². The number of aromatic nitrogens is 4. The maximum atomic E-state index is 5.76. The molecule has 2 N–H and O–H groups in total. The van der Waals surface area contributed by atoms with Crippen LogP contribution in [0, 0.1) is 6.92 Å². The molecular weight excluding hydrogens is 222 g/mol. The van der Waals surface area contributed by atoms with Gasteiger partial charge >= 0.3 is 0 Å². The average Bonchev–Trinajstić information content (AvgIpc) is 2.62. The minimum absolute atomic E-state index is 0.341. The molecule has 14 heavy (non-hydrogen) atoms. The molecule has 0 radical (unpaired) electrons. The molecule has 0 fully saturated rings. The zero-order valence-electron chi connectivity index (χ0n) is 7.44. The van der Waals surface area contributed by atoms with E-state index in [4.69, 9.17) is 17.3 Å². The molecule has 0 aliphatic rings. The first-order chi connectivity index (χ1) is 6.65. The average molecular weight is 230 g/mol. The Morgan fingerprint density at radius 3 is 2.86 bits per heavy atom. The van der Waals surface area contributed by atoms with Crippen LogP contribution in [0.4, 0.5) is 5.82 Å². The van der Waals surface area contributed by atoms with Crippen molar-refractivity contribution in [2.75, 3.05) is 5.73 Å². The third-order valence-corrected chi connectivity index (χ3v) is 2.72. The second-order valence-electron chi connectivity index (χ2n) is 2.77. The molecule has 0 unspecified atom stereocenters. The fraction of sp³-hybridized carbons (Fsp3) is 0.286. The molecule has 0 spiro atoms. The second-order valence-corrected chi connectivity index (χ2v) is 4.45. The Morgan fingerprint density at radius 2 is 2.36 bits per heavy atom. The Hall–Kier alpha value is -1.14. The first-order valence-electron chi connectivity index (χ1n) is 3.92. The summed E-state index contributed by atoms with van der Waals surface area (Å²) in [7, 11) is 0. The van der Waals surface area contributed by atoms with E-state index < -0.39 is 0 Å². The number of anilines is 1. The van der Waals surface area contributed by atoms with Crippen molar-refractivity contribution < 1.29 is 0 Å². The highest BCUT2D eigenvalue weighted by Gasteiger charge is 2.05. The molecule has 5 nitrogen and oxygen atoms in total. The van der Waals surface area contributed by atoms with Gasteiger partial charge in [0.1, 0.15) is 15.0 Å². The number of rotatable bonds is 2. The normalized spacial score (nSPS) is 10.7. The van der Waals surface area contributed by atoms with E-state index in [-0.39, 0.29) is 0 Å². The third kappa shape index (κ3) is 1.85. The van der Waals surface area contributed by atoms with E-state index >= 15 is 0 Å². The van der Waals surface area contributed by atoms with E-state index in [0.717, 1.165) is 10.0 Å². The number of hydrogen-bond donors (Lipinski definition) is 1. The Balaban J connectivity index is 2.18. The van der Waals surface area contributed by atoms with Crippen LogP contribution in [-0.2, 0) is 6.54 Å². The summed E-state index contributed by atoms with van der Waals surface area (Å²) < 4.78 is 1.65. The van der Waals surface area contributed by atoms with Gasteiger partial charge in [-0.25, -0.2) is 0 Å². The molecule has 0 saturated carbocycles. The molecule has 2 aromatic heterocycles. The summed E-state index contributed by atoms with van der Waals surface area (Å²) in [6.07, 6.45) is 1.67. The lowest BCUT2D eigenvalue weighted by Gasteiger charge is -1.94. The van der Waals surface area contributed by atoms with Gasteiger partial charge in [-0.15, -0.1) is 10.2 Å². The van der Waals surface area contributed by atoms with E-state index in [2.05, 4.69) is 15.3 Å². The van der Waals surface area contributed by atoms with Crippen LogP contribution in [0.2, 0.25) is 5.02 Å². The summed E-state index contributed by atoms with van der Waals surface area (Å²) in [5, 5.41) is 14.2. The molecule has 74 valence electrons. The summed E-state index contributed by atoms with van der Waals surface area (Å²) in [6, 6.07) is 0. The first kappa shape index (κ1) is 9.42. The number of nitrogens with zero attached hydrogens (tertiary/aromatic N) is 4. The number of aryl methyl sites for hydroxylation is 1. The molecule has 0 amide bonds. The zero-order chi connectivity index (χ0) is 10.1. The van der Waals surface area contributed by atoms with Gasteiger partial charge in [0.2, 0.25) is 0 Å². The van der Waals surface area contributed by atoms with Crippen molar-refractivity contribution in [2.24, 2.45) is 0 Å². The number of nitrogens with two attached hydrogens (primary N) is 1. The standard InChI is InChI=1S/C7H8ClN5S/c1-4-10-11-6(14-4)3-13-2-5(8)7(9)12-13/h2H,3H2,1H3,(H2,9,12). The second kappa shape index (κ2) is 3.55. The smallest absolute Gasteiger partial charge is 0.164 e. The minimum atomic E-state index is 0.341. The van der Waals surface area contributed by atoms with Gasteiger partial charge in [0, 0.05) is 6.20 Å². The minimum Gasteiger partial charge on any atom is -0.381 e. The van der Waals surface area contributed by atoms with Gasteiger partial charge in [0.15, 0.2) is 5.82 Å². The third-order valence-electron chi connectivity index (χ3n) is 1.61. The van der Waals surface area contributed by atoms with Crippen LogP contribution in [0.3, 0.4) is 0 Å². The van der Waals surface area contributed by atoms with Crippen molar-refractivity contribution in [3.63, 3.8) is 0 Å². The van der Waals surface area contributed by atoms with Crippen molar-refractivity contribution in [1.29, 1.82) is 0 Å². The predicted molar refractivity (Wildman–Crippen MR) is 55.4 cm³/mol. The van der Waals surface area contributed by atoms with Gasteiger partial charge in [-0.3, -0.25) is 4.68 Å². The van der Waals surface area contributed by atoms with Crippen LogP contribution >= 0.6 is 22.9 Å². The van der Waals surface area contributed by atoms with E-state index in [1.54, 1.807) is 10.9 Å². The van der Waals surface area contributed by atoms with E-state index in [9.17, 15) is 0 Å². The van der Waals surface area contributed by atoms with Crippen molar-refractivity contribution in [3.8, 4) is 0 Å². The maximum Gasteiger partial charge on any atom is 0.164 e. The summed E-state index contributed by atoms with van der Waals surface area (Å²) in [5.74, 6) is 0.341. The van der Waals surface area contributed by atoms with Gasteiger partial charge in [0.05, 0.1) is 6.54 Å². The van der Waals surface area contributed by atoms with E-state index in [0.29, 0.717) is 17.4 Å². The molecule has 0 bridgehead atoms. The van der Waals surface area contributed by atoms with Gasteiger partial charge in [-0.1, -0.05) is 22.9 Å². The highest BCUT2D eigenvalue weighted by Crippen LogP contribution is 2.17. The fourth-order valence-electron chi connectivity index (χ4n) is 1.03. The summed E-state index contributed by atoms with van der Waals surface area (Å²) in [5.41, 5.74) is 5.50.